The molecule has 1 heterocycles. The summed E-state index contributed by atoms with van der Waals surface area (Å²) in [5.41, 5.74) is 0. The van der Waals surface area contributed by atoms with Crippen molar-refractivity contribution >= 4 is 5.91 Å². The molecule has 1 amide bonds. The summed E-state index contributed by atoms with van der Waals surface area (Å²) in [6, 6.07) is -0.115. The average molecular weight is 194 g/mol. The van der Waals surface area contributed by atoms with Crippen molar-refractivity contribution in [1.82, 2.24) is 10.6 Å². The van der Waals surface area contributed by atoms with Gasteiger partial charge >= 0.3 is 0 Å². The van der Waals surface area contributed by atoms with Crippen LogP contribution in [0.25, 0.3) is 0 Å². The molecular weight excluding hydrogens is 176 g/mol. The van der Waals surface area contributed by atoms with Crippen LogP contribution in [0.5, 0.6) is 0 Å². The van der Waals surface area contributed by atoms with E-state index in [1.807, 2.05) is 6.92 Å². The Balaban J connectivity index is 2.45. The van der Waals surface area contributed by atoms with Crippen molar-refractivity contribution < 1.29 is 4.79 Å². The van der Waals surface area contributed by atoms with E-state index in [9.17, 15) is 4.79 Å². The first kappa shape index (κ1) is 11.1. The highest BCUT2D eigenvalue weighted by molar-refractivity contribution is 5.80. The Morgan fingerprint density at radius 1 is 1.71 bits per heavy atom. The largest absolute Gasteiger partial charge is 0.342 e. The lowest BCUT2D eigenvalue weighted by Crippen LogP contribution is -2.40. The van der Waals surface area contributed by atoms with Gasteiger partial charge in [-0.3, -0.25) is 4.79 Å². The van der Waals surface area contributed by atoms with E-state index in [0.717, 1.165) is 19.5 Å². The molecule has 0 radical (unpaired) electrons. The molecule has 3 unspecified atom stereocenters. The molecule has 2 N–H and O–H groups in total. The number of hydrogen-bond acceptors (Lipinski definition) is 2. The molecule has 78 valence electrons. The molecule has 0 spiro atoms. The first-order valence-electron chi connectivity index (χ1n) is 5.16. The summed E-state index contributed by atoms with van der Waals surface area (Å²) < 4.78 is 0. The van der Waals surface area contributed by atoms with Crippen LogP contribution in [-0.2, 0) is 4.79 Å². The molecule has 1 aliphatic rings. The summed E-state index contributed by atoms with van der Waals surface area (Å²) in [7, 11) is 0. The smallest absolute Gasteiger partial charge is 0.225 e. The third-order valence-electron chi connectivity index (χ3n) is 2.78. The zero-order valence-corrected chi connectivity index (χ0v) is 8.84. The van der Waals surface area contributed by atoms with Crippen molar-refractivity contribution in [3.63, 3.8) is 0 Å². The number of rotatable bonds is 3. The molecule has 3 nitrogen and oxygen atoms in total. The first-order chi connectivity index (χ1) is 6.69. The summed E-state index contributed by atoms with van der Waals surface area (Å²) in [6.07, 6.45) is 6.07. The van der Waals surface area contributed by atoms with E-state index in [1.54, 1.807) is 0 Å². The number of hydrogen-bond donors (Lipinski definition) is 2. The Bertz CT molecular complexity index is 244. The SMILES string of the molecule is C#CC(CC)NC(=O)C1CNCC1C. The van der Waals surface area contributed by atoms with Crippen LogP contribution >= 0.6 is 0 Å². The summed E-state index contributed by atoms with van der Waals surface area (Å²) in [5, 5.41) is 6.07. The lowest BCUT2D eigenvalue weighted by atomic mass is 9.97. The van der Waals surface area contributed by atoms with E-state index in [0.29, 0.717) is 5.92 Å². The summed E-state index contributed by atoms with van der Waals surface area (Å²) in [6.45, 7) is 5.75. The maximum atomic E-state index is 11.7. The fourth-order valence-electron chi connectivity index (χ4n) is 1.70. The van der Waals surface area contributed by atoms with Gasteiger partial charge in [-0.1, -0.05) is 19.8 Å². The van der Waals surface area contributed by atoms with Crippen LogP contribution in [0.15, 0.2) is 0 Å². The summed E-state index contributed by atoms with van der Waals surface area (Å²) in [5.74, 6) is 3.15. The molecular formula is C11H18N2O. The van der Waals surface area contributed by atoms with E-state index in [1.165, 1.54) is 0 Å². The minimum absolute atomic E-state index is 0.0809. The molecule has 0 aromatic rings. The second-order valence-corrected chi connectivity index (χ2v) is 3.88. The highest BCUT2D eigenvalue weighted by Crippen LogP contribution is 2.15. The van der Waals surface area contributed by atoms with Crippen LogP contribution in [0, 0.1) is 24.2 Å². The van der Waals surface area contributed by atoms with Crippen molar-refractivity contribution in [1.29, 1.82) is 0 Å². The van der Waals surface area contributed by atoms with Crippen molar-refractivity contribution in [2.24, 2.45) is 11.8 Å². The van der Waals surface area contributed by atoms with E-state index in [-0.39, 0.29) is 17.9 Å². The predicted molar refractivity (Wildman–Crippen MR) is 56.6 cm³/mol. The molecule has 1 saturated heterocycles. The molecule has 0 aromatic heterocycles. The molecule has 14 heavy (non-hydrogen) atoms. The minimum atomic E-state index is -0.115. The third-order valence-corrected chi connectivity index (χ3v) is 2.78. The molecule has 0 saturated carbocycles. The Kier molecular flexibility index (Phi) is 3.97. The average Bonchev–Trinajstić information content (AvgIpc) is 2.60. The predicted octanol–water partition coefficient (Wildman–Crippen LogP) is 0.370. The molecule has 0 bridgehead atoms. The number of terminal acetylenes is 1. The molecule has 1 rings (SSSR count). The molecule has 1 fully saturated rings. The number of nitrogens with one attached hydrogen (secondary N) is 2. The second-order valence-electron chi connectivity index (χ2n) is 3.88. The van der Waals surface area contributed by atoms with Crippen LogP contribution in [0.4, 0.5) is 0 Å². The van der Waals surface area contributed by atoms with Gasteiger partial charge in [-0.05, 0) is 18.9 Å². The maximum Gasteiger partial charge on any atom is 0.225 e. The van der Waals surface area contributed by atoms with Gasteiger partial charge in [0.1, 0.15) is 0 Å². The Labute approximate surface area is 85.6 Å². The van der Waals surface area contributed by atoms with E-state index in [4.69, 9.17) is 6.42 Å². The monoisotopic (exact) mass is 194 g/mol. The topological polar surface area (TPSA) is 41.1 Å². The summed E-state index contributed by atoms with van der Waals surface area (Å²) >= 11 is 0. The second kappa shape index (κ2) is 5.02. The van der Waals surface area contributed by atoms with Crippen LogP contribution in [0.2, 0.25) is 0 Å². The van der Waals surface area contributed by atoms with Gasteiger partial charge in [0.05, 0.1) is 12.0 Å². The lowest BCUT2D eigenvalue weighted by molar-refractivity contribution is -0.125. The van der Waals surface area contributed by atoms with Gasteiger partial charge in [0, 0.05) is 6.54 Å². The van der Waals surface area contributed by atoms with Crippen molar-refractivity contribution in [2.75, 3.05) is 13.1 Å². The molecule has 0 aliphatic carbocycles. The fourth-order valence-corrected chi connectivity index (χ4v) is 1.70. The van der Waals surface area contributed by atoms with Gasteiger partial charge in [0.25, 0.3) is 0 Å². The standard InChI is InChI=1S/C11H18N2O/c1-4-9(5-2)13-11(14)10-7-12-6-8(10)3/h1,8-10,12H,5-7H2,2-3H3,(H,13,14). The third kappa shape index (κ3) is 2.49. The maximum absolute atomic E-state index is 11.7. The molecule has 3 heteroatoms. The zero-order chi connectivity index (χ0) is 10.6. The Morgan fingerprint density at radius 2 is 2.43 bits per heavy atom. The van der Waals surface area contributed by atoms with Crippen molar-refractivity contribution in [3.8, 4) is 12.3 Å². The highest BCUT2D eigenvalue weighted by Gasteiger charge is 2.29. The van der Waals surface area contributed by atoms with E-state index < -0.39 is 0 Å². The van der Waals surface area contributed by atoms with E-state index in [2.05, 4.69) is 23.5 Å². The van der Waals surface area contributed by atoms with Crippen LogP contribution < -0.4 is 10.6 Å². The first-order valence-corrected chi connectivity index (χ1v) is 5.16. The summed E-state index contributed by atoms with van der Waals surface area (Å²) in [4.78, 5) is 11.7. The number of amides is 1. The fraction of sp³-hybridized carbons (Fsp3) is 0.727. The normalized spacial score (nSPS) is 28.1. The molecule has 1 aliphatic heterocycles. The van der Waals surface area contributed by atoms with Crippen molar-refractivity contribution in [3.05, 3.63) is 0 Å². The minimum Gasteiger partial charge on any atom is -0.342 e. The van der Waals surface area contributed by atoms with Crippen LogP contribution in [0.3, 0.4) is 0 Å². The number of carbonyl (C=O) groups excluding carboxylic acids is 1. The van der Waals surface area contributed by atoms with Crippen molar-refractivity contribution in [2.45, 2.75) is 26.3 Å². The van der Waals surface area contributed by atoms with Gasteiger partial charge in [0.15, 0.2) is 0 Å². The van der Waals surface area contributed by atoms with Gasteiger partial charge in [-0.15, -0.1) is 6.42 Å². The van der Waals surface area contributed by atoms with Crippen LogP contribution in [0.1, 0.15) is 20.3 Å². The quantitative estimate of drug-likeness (QED) is 0.637. The van der Waals surface area contributed by atoms with E-state index >= 15 is 0 Å². The zero-order valence-electron chi connectivity index (χ0n) is 8.84. The molecule has 3 atom stereocenters. The molecule has 0 aromatic carbocycles. The Morgan fingerprint density at radius 3 is 2.86 bits per heavy atom. The van der Waals surface area contributed by atoms with Gasteiger partial charge < -0.3 is 10.6 Å². The Hall–Kier alpha value is -1.01. The van der Waals surface area contributed by atoms with Gasteiger partial charge in [-0.2, -0.15) is 0 Å². The number of carbonyl (C=O) groups is 1. The van der Waals surface area contributed by atoms with Crippen LogP contribution in [-0.4, -0.2) is 25.0 Å². The van der Waals surface area contributed by atoms with Gasteiger partial charge in [-0.25, -0.2) is 0 Å². The van der Waals surface area contributed by atoms with Gasteiger partial charge in [0.2, 0.25) is 5.91 Å². The lowest BCUT2D eigenvalue weighted by Gasteiger charge is -2.17. The highest BCUT2D eigenvalue weighted by atomic mass is 16.2.